The van der Waals surface area contributed by atoms with Crippen LogP contribution < -0.4 is 5.69 Å². The number of halogens is 2. The van der Waals surface area contributed by atoms with Gasteiger partial charge < -0.3 is 19.6 Å². The molecule has 186 valence electrons. The number of H-pyrrole nitrogens is 2. The zero-order chi connectivity index (χ0) is 25.5. The van der Waals surface area contributed by atoms with E-state index < -0.39 is 6.23 Å². The maximum absolute atomic E-state index is 13.6. The molecule has 0 saturated carbocycles. The minimum atomic E-state index is -0.711. The minimum absolute atomic E-state index is 0.0839. The molecule has 1 fully saturated rings. The molecule has 0 unspecified atom stereocenters. The van der Waals surface area contributed by atoms with Crippen LogP contribution in [0.4, 0.5) is 8.78 Å². The quantitative estimate of drug-likeness (QED) is 0.366. The van der Waals surface area contributed by atoms with E-state index >= 15 is 0 Å². The molecule has 6 rings (SSSR count). The van der Waals surface area contributed by atoms with Crippen LogP contribution in [0.1, 0.15) is 17.4 Å². The fourth-order valence-corrected chi connectivity index (χ4v) is 4.56. The van der Waals surface area contributed by atoms with Crippen molar-refractivity contribution < 1.29 is 18.3 Å². The highest BCUT2D eigenvalue weighted by molar-refractivity contribution is 5.80. The molecule has 5 aromatic rings. The van der Waals surface area contributed by atoms with E-state index in [-0.39, 0.29) is 29.8 Å². The van der Waals surface area contributed by atoms with E-state index in [4.69, 9.17) is 4.74 Å². The molecule has 3 heterocycles. The lowest BCUT2D eigenvalue weighted by molar-refractivity contribution is -0.128. The van der Waals surface area contributed by atoms with Crippen molar-refractivity contribution in [1.29, 1.82) is 0 Å². The number of aromatic amines is 2. The number of nitrogens with zero attached hydrogens (tertiary/aromatic N) is 3. The molecule has 0 bridgehead atoms. The summed E-state index contributed by atoms with van der Waals surface area (Å²) < 4.78 is 34.6. The van der Waals surface area contributed by atoms with Crippen LogP contribution in [0.2, 0.25) is 0 Å². The topological polar surface area (TPSA) is 96.0 Å². The van der Waals surface area contributed by atoms with Gasteiger partial charge in [-0.1, -0.05) is 6.07 Å². The second kappa shape index (κ2) is 9.14. The summed E-state index contributed by atoms with van der Waals surface area (Å²) in [6, 6.07) is 17.4. The molecule has 1 aliphatic heterocycles. The van der Waals surface area contributed by atoms with Crippen LogP contribution in [0.5, 0.6) is 0 Å². The summed E-state index contributed by atoms with van der Waals surface area (Å²) in [5.41, 5.74) is 4.52. The Hall–Kier alpha value is -4.57. The molecule has 1 amide bonds. The van der Waals surface area contributed by atoms with Crippen LogP contribution in [0.15, 0.2) is 77.7 Å². The molecule has 2 N–H and O–H groups in total. The summed E-state index contributed by atoms with van der Waals surface area (Å²) in [4.78, 5) is 31.5. The van der Waals surface area contributed by atoms with Gasteiger partial charge >= 0.3 is 5.69 Å². The van der Waals surface area contributed by atoms with Crippen molar-refractivity contribution in [3.63, 3.8) is 0 Å². The summed E-state index contributed by atoms with van der Waals surface area (Å²) in [6.45, 7) is 0.285. The number of imidazole rings is 1. The number of amides is 1. The van der Waals surface area contributed by atoms with Gasteiger partial charge in [-0.15, -0.1) is 0 Å². The van der Waals surface area contributed by atoms with Crippen molar-refractivity contribution in [3.05, 3.63) is 106 Å². The predicted octanol–water partition coefficient (Wildman–Crippen LogP) is 4.09. The van der Waals surface area contributed by atoms with Crippen molar-refractivity contribution in [2.45, 2.75) is 12.6 Å². The smallest absolute Gasteiger partial charge is 0.323 e. The fourth-order valence-electron chi connectivity index (χ4n) is 4.56. The molecule has 0 radical (unpaired) electrons. The van der Waals surface area contributed by atoms with Crippen molar-refractivity contribution in [2.24, 2.45) is 0 Å². The van der Waals surface area contributed by atoms with Crippen molar-refractivity contribution >= 4 is 16.9 Å². The van der Waals surface area contributed by atoms with Crippen molar-refractivity contribution in [1.82, 2.24) is 24.6 Å². The molecule has 1 saturated heterocycles. The highest BCUT2D eigenvalue weighted by Gasteiger charge is 2.36. The third kappa shape index (κ3) is 4.43. The zero-order valence-electron chi connectivity index (χ0n) is 19.4. The van der Waals surface area contributed by atoms with Gasteiger partial charge in [-0.05, 0) is 72.6 Å². The first-order valence-corrected chi connectivity index (χ1v) is 11.7. The molecule has 37 heavy (non-hydrogen) atoms. The number of hydrogen-bond acceptors (Lipinski definition) is 4. The van der Waals surface area contributed by atoms with Crippen LogP contribution in [-0.2, 0) is 16.0 Å². The second-order valence-corrected chi connectivity index (χ2v) is 8.82. The Morgan fingerprint density at radius 1 is 0.919 bits per heavy atom. The first-order chi connectivity index (χ1) is 17.9. The summed E-state index contributed by atoms with van der Waals surface area (Å²) in [7, 11) is 0. The molecule has 2 aromatic heterocycles. The number of nitrogens with one attached hydrogen (secondary N) is 2. The van der Waals surface area contributed by atoms with Gasteiger partial charge in [-0.25, -0.2) is 18.3 Å². The number of rotatable bonds is 6. The second-order valence-electron chi connectivity index (χ2n) is 8.82. The third-order valence-electron chi connectivity index (χ3n) is 6.41. The predicted molar refractivity (Wildman–Crippen MR) is 132 cm³/mol. The molecule has 0 aliphatic carbocycles. The Morgan fingerprint density at radius 2 is 1.62 bits per heavy atom. The van der Waals surface area contributed by atoms with Gasteiger partial charge in [0.15, 0.2) is 6.23 Å². The first kappa shape index (κ1) is 22.9. The summed E-state index contributed by atoms with van der Waals surface area (Å²) in [6.07, 6.45) is 1.57. The van der Waals surface area contributed by atoms with Gasteiger partial charge in [0.2, 0.25) is 0 Å². The van der Waals surface area contributed by atoms with Gasteiger partial charge in [-0.2, -0.15) is 5.10 Å². The van der Waals surface area contributed by atoms with Crippen LogP contribution in [-0.4, -0.2) is 43.7 Å². The summed E-state index contributed by atoms with van der Waals surface area (Å²) in [5.74, 6) is -0.911. The van der Waals surface area contributed by atoms with E-state index in [0.717, 1.165) is 5.56 Å². The molecule has 1 atom stereocenters. The fraction of sp³-hybridized carbons (Fsp3) is 0.148. The zero-order valence-corrected chi connectivity index (χ0v) is 19.4. The summed E-state index contributed by atoms with van der Waals surface area (Å²) >= 11 is 0. The maximum Gasteiger partial charge on any atom is 0.323 e. The van der Waals surface area contributed by atoms with Crippen LogP contribution >= 0.6 is 0 Å². The molecule has 1 aliphatic rings. The van der Waals surface area contributed by atoms with Gasteiger partial charge in [-0.3, -0.25) is 4.79 Å². The standard InChI is InChI=1S/C27H21F2N5O3/c28-18-4-2-17(3-5-18)25-21(14-34(32-25)20-8-6-19(29)7-9-20)26-33(24(35)15-37-26)12-11-16-1-10-22-23(13-16)31-27(36)30-22/h1-10,13-14,26H,11-12,15H2,(H2,30,31,36)/t26-/m0/s1. The Balaban J connectivity index is 1.34. The van der Waals surface area contributed by atoms with Crippen LogP contribution in [0, 0.1) is 11.6 Å². The lowest BCUT2D eigenvalue weighted by atomic mass is 10.1. The lowest BCUT2D eigenvalue weighted by Gasteiger charge is -2.23. The van der Waals surface area contributed by atoms with Gasteiger partial charge in [0.1, 0.15) is 23.9 Å². The highest BCUT2D eigenvalue weighted by atomic mass is 19.1. The van der Waals surface area contributed by atoms with Crippen molar-refractivity contribution in [3.8, 4) is 16.9 Å². The molecule has 10 heteroatoms. The number of benzene rings is 3. The van der Waals surface area contributed by atoms with E-state index in [1.165, 1.54) is 24.3 Å². The van der Waals surface area contributed by atoms with Crippen molar-refractivity contribution in [2.75, 3.05) is 13.2 Å². The Morgan fingerprint density at radius 3 is 2.38 bits per heavy atom. The number of carbonyl (C=O) groups is 1. The van der Waals surface area contributed by atoms with E-state index in [1.807, 2.05) is 18.2 Å². The average Bonchev–Trinajstić information content (AvgIpc) is 3.59. The largest absolute Gasteiger partial charge is 0.344 e. The maximum atomic E-state index is 13.6. The third-order valence-corrected chi connectivity index (χ3v) is 6.41. The van der Waals surface area contributed by atoms with E-state index in [9.17, 15) is 18.4 Å². The van der Waals surface area contributed by atoms with E-state index in [1.54, 1.807) is 40.0 Å². The van der Waals surface area contributed by atoms with Crippen LogP contribution in [0.25, 0.3) is 28.0 Å². The SMILES string of the molecule is O=C1CO[C@@H](c2cn(-c3ccc(F)cc3)nc2-c2ccc(F)cc2)N1CCc1ccc2[nH]c(=O)[nH]c2c1. The van der Waals surface area contributed by atoms with Crippen LogP contribution in [0.3, 0.4) is 0 Å². The Bertz CT molecular complexity index is 1650. The first-order valence-electron chi connectivity index (χ1n) is 11.7. The Labute approximate surface area is 209 Å². The molecular formula is C27H21F2N5O3. The number of ether oxygens (including phenoxy) is 1. The number of aromatic nitrogens is 4. The molecule has 3 aromatic carbocycles. The highest BCUT2D eigenvalue weighted by Crippen LogP contribution is 2.35. The van der Waals surface area contributed by atoms with Gasteiger partial charge in [0.25, 0.3) is 5.91 Å². The number of hydrogen-bond donors (Lipinski definition) is 2. The lowest BCUT2D eigenvalue weighted by Crippen LogP contribution is -2.30. The monoisotopic (exact) mass is 501 g/mol. The Kier molecular flexibility index (Phi) is 5.65. The molecule has 8 nitrogen and oxygen atoms in total. The van der Waals surface area contributed by atoms with Gasteiger partial charge in [0.05, 0.1) is 16.7 Å². The molecule has 0 spiro atoms. The average molecular weight is 501 g/mol. The normalized spacial score (nSPS) is 15.7. The van der Waals surface area contributed by atoms with E-state index in [2.05, 4.69) is 15.1 Å². The minimum Gasteiger partial charge on any atom is -0.344 e. The molecular weight excluding hydrogens is 480 g/mol. The number of fused-ring (bicyclic) bond motifs is 1. The van der Waals surface area contributed by atoms with Gasteiger partial charge in [0, 0.05) is 23.9 Å². The summed E-state index contributed by atoms with van der Waals surface area (Å²) in [5, 5.41) is 4.69. The van der Waals surface area contributed by atoms with E-state index in [0.29, 0.717) is 46.5 Å². The number of carbonyl (C=O) groups excluding carboxylic acids is 1.